The van der Waals surface area contributed by atoms with Gasteiger partial charge in [-0.15, -0.1) is 0 Å². The number of benzene rings is 3. The minimum atomic E-state index is -0.192. The van der Waals surface area contributed by atoms with Crippen LogP contribution in [0.2, 0.25) is 0 Å². The Kier molecular flexibility index (Phi) is 5.24. The van der Waals surface area contributed by atoms with Crippen LogP contribution in [0.15, 0.2) is 70.1 Å². The highest BCUT2D eigenvalue weighted by atomic mass is 79.9. The third kappa shape index (κ3) is 3.45. The lowest BCUT2D eigenvalue weighted by molar-refractivity contribution is -0.111. The molecule has 1 aliphatic rings. The summed E-state index contributed by atoms with van der Waals surface area (Å²) in [6, 6.07) is 19.5. The Hall–Kier alpha value is -2.57. The molecule has 1 amide bonds. The number of aliphatic imine (C=N–C) groups is 1. The van der Waals surface area contributed by atoms with Crippen molar-refractivity contribution in [2.45, 2.75) is 13.3 Å². The first-order valence-electron chi connectivity index (χ1n) is 8.93. The quantitative estimate of drug-likeness (QED) is 0.492. The van der Waals surface area contributed by atoms with Crippen molar-refractivity contribution in [3.8, 4) is 5.75 Å². The predicted octanol–water partition coefficient (Wildman–Crippen LogP) is 5.32. The topological polar surface area (TPSA) is 41.9 Å². The number of carbonyl (C=O) groups is 1. The number of carbonyl (C=O) groups excluding carboxylic acids is 1. The smallest absolute Gasteiger partial charge is 0.279 e. The maximum absolute atomic E-state index is 13.1. The third-order valence-corrected chi connectivity index (χ3v) is 5.40. The minimum Gasteiger partial charge on any atom is -0.494 e. The molecule has 0 saturated heterocycles. The predicted molar refractivity (Wildman–Crippen MR) is 120 cm³/mol. The van der Waals surface area contributed by atoms with E-state index in [9.17, 15) is 4.79 Å². The average molecular weight is 453 g/mol. The fourth-order valence-electron chi connectivity index (χ4n) is 3.32. The fourth-order valence-corrected chi connectivity index (χ4v) is 3.88. The molecule has 4 nitrogen and oxygen atoms in total. The van der Waals surface area contributed by atoms with Gasteiger partial charge in [0, 0.05) is 16.5 Å². The number of hydrogen-bond donors (Lipinski definition) is 0. The fraction of sp³-hybridized carbons (Fsp3) is 0.136. The van der Waals surface area contributed by atoms with E-state index >= 15 is 0 Å². The van der Waals surface area contributed by atoms with Gasteiger partial charge in [-0.25, -0.2) is 4.99 Å². The van der Waals surface area contributed by atoms with Crippen LogP contribution in [0.4, 0.5) is 5.69 Å². The molecule has 3 aromatic carbocycles. The number of halogens is 1. The van der Waals surface area contributed by atoms with Crippen LogP contribution < -0.4 is 9.64 Å². The minimum absolute atomic E-state index is 0.192. The molecular weight excluding hydrogens is 436 g/mol. The van der Waals surface area contributed by atoms with Crippen LogP contribution in [-0.4, -0.2) is 23.3 Å². The van der Waals surface area contributed by atoms with E-state index in [2.05, 4.69) is 20.9 Å². The molecule has 1 aliphatic heterocycles. The summed E-state index contributed by atoms with van der Waals surface area (Å²) in [5, 5.41) is 2.41. The third-order valence-electron chi connectivity index (χ3n) is 4.60. The van der Waals surface area contributed by atoms with Crippen molar-refractivity contribution in [1.82, 2.24) is 0 Å². The summed E-state index contributed by atoms with van der Waals surface area (Å²) in [5.41, 5.74) is 2.08. The molecule has 0 aliphatic carbocycles. The number of fused-ring (bicyclic) bond motifs is 1. The molecule has 6 heteroatoms. The van der Waals surface area contributed by atoms with E-state index in [0.717, 1.165) is 26.6 Å². The van der Waals surface area contributed by atoms with E-state index in [1.807, 2.05) is 67.6 Å². The number of ether oxygens (including phenoxy) is 1. The van der Waals surface area contributed by atoms with Gasteiger partial charge in [-0.2, -0.15) is 0 Å². The molecule has 0 aromatic heterocycles. The Morgan fingerprint density at radius 3 is 2.57 bits per heavy atom. The molecule has 1 heterocycles. The standard InChI is InChI=1S/C22H17BrN2O2S/c1-2-27-20-12-7-14-5-3-4-6-17(14)18(20)13-19-21(26)25(22(28)24-19)16-10-8-15(23)9-11-16/h3-12H,2,13H2,1H3. The summed E-state index contributed by atoms with van der Waals surface area (Å²) in [5.74, 6) is 0.576. The van der Waals surface area contributed by atoms with Crippen LogP contribution in [0.5, 0.6) is 5.75 Å². The Labute approximate surface area is 177 Å². The number of anilines is 1. The molecule has 0 bridgehead atoms. The van der Waals surface area contributed by atoms with E-state index in [1.54, 1.807) is 0 Å². The van der Waals surface area contributed by atoms with Gasteiger partial charge in [-0.3, -0.25) is 9.69 Å². The Bertz CT molecular complexity index is 1110. The summed E-state index contributed by atoms with van der Waals surface area (Å²) in [6.45, 7) is 2.50. The zero-order valence-electron chi connectivity index (χ0n) is 15.2. The molecule has 0 spiro atoms. The Morgan fingerprint density at radius 2 is 1.82 bits per heavy atom. The second kappa shape index (κ2) is 7.81. The maximum Gasteiger partial charge on any atom is 0.279 e. The molecule has 4 rings (SSSR count). The van der Waals surface area contributed by atoms with Gasteiger partial charge in [0.2, 0.25) is 5.11 Å². The van der Waals surface area contributed by atoms with E-state index in [1.165, 1.54) is 4.90 Å². The Morgan fingerprint density at radius 1 is 1.07 bits per heavy atom. The van der Waals surface area contributed by atoms with Gasteiger partial charge in [-0.1, -0.05) is 46.3 Å². The van der Waals surface area contributed by atoms with E-state index in [-0.39, 0.29) is 11.0 Å². The maximum atomic E-state index is 13.1. The zero-order valence-corrected chi connectivity index (χ0v) is 17.6. The van der Waals surface area contributed by atoms with Crippen LogP contribution in [0.1, 0.15) is 12.5 Å². The monoisotopic (exact) mass is 452 g/mol. The van der Waals surface area contributed by atoms with Crippen molar-refractivity contribution in [2.24, 2.45) is 4.99 Å². The highest BCUT2D eigenvalue weighted by molar-refractivity contribution is 9.10. The number of nitrogens with zero attached hydrogens (tertiary/aromatic N) is 2. The van der Waals surface area contributed by atoms with E-state index in [0.29, 0.717) is 24.4 Å². The van der Waals surface area contributed by atoms with Crippen molar-refractivity contribution in [3.05, 3.63) is 70.7 Å². The molecule has 0 fully saturated rings. The largest absolute Gasteiger partial charge is 0.494 e. The van der Waals surface area contributed by atoms with Crippen molar-refractivity contribution in [2.75, 3.05) is 11.5 Å². The highest BCUT2D eigenvalue weighted by Crippen LogP contribution is 2.31. The van der Waals surface area contributed by atoms with Crippen LogP contribution >= 0.6 is 28.1 Å². The molecule has 0 N–H and O–H groups in total. The molecule has 0 saturated carbocycles. The molecule has 0 radical (unpaired) electrons. The van der Waals surface area contributed by atoms with Gasteiger partial charge in [-0.05, 0) is 60.2 Å². The molecule has 0 unspecified atom stereocenters. The van der Waals surface area contributed by atoms with Crippen LogP contribution in [0.3, 0.4) is 0 Å². The number of rotatable bonds is 5. The van der Waals surface area contributed by atoms with E-state index in [4.69, 9.17) is 17.0 Å². The summed E-state index contributed by atoms with van der Waals surface area (Å²) in [6.07, 6.45) is 0.364. The number of thiocarbonyl (C=S) groups is 1. The number of hydrogen-bond acceptors (Lipinski definition) is 3. The lowest BCUT2D eigenvalue weighted by atomic mass is 9.98. The first kappa shape index (κ1) is 18.8. The molecule has 3 aromatic rings. The molecular formula is C22H17BrN2O2S. The van der Waals surface area contributed by atoms with Gasteiger partial charge in [0.15, 0.2) is 0 Å². The van der Waals surface area contributed by atoms with Crippen molar-refractivity contribution >= 4 is 61.3 Å². The first-order chi connectivity index (χ1) is 13.6. The second-order valence-corrected chi connectivity index (χ2v) is 7.61. The van der Waals surface area contributed by atoms with Gasteiger partial charge >= 0.3 is 0 Å². The lowest BCUT2D eigenvalue weighted by Crippen LogP contribution is -2.33. The summed E-state index contributed by atoms with van der Waals surface area (Å²) in [4.78, 5) is 19.0. The summed E-state index contributed by atoms with van der Waals surface area (Å²) >= 11 is 8.79. The van der Waals surface area contributed by atoms with E-state index < -0.39 is 0 Å². The summed E-state index contributed by atoms with van der Waals surface area (Å²) < 4.78 is 6.76. The normalized spacial score (nSPS) is 13.9. The average Bonchev–Trinajstić information content (AvgIpc) is 2.98. The zero-order chi connectivity index (χ0) is 19.7. The second-order valence-electron chi connectivity index (χ2n) is 6.33. The van der Waals surface area contributed by atoms with Gasteiger partial charge in [0.1, 0.15) is 11.5 Å². The van der Waals surface area contributed by atoms with Gasteiger partial charge < -0.3 is 4.74 Å². The van der Waals surface area contributed by atoms with Crippen molar-refractivity contribution in [1.29, 1.82) is 0 Å². The number of amides is 1. The Balaban J connectivity index is 1.71. The molecule has 140 valence electrons. The SMILES string of the molecule is CCOc1ccc2ccccc2c1CC1=NC(=S)N(c2ccc(Br)cc2)C1=O. The highest BCUT2D eigenvalue weighted by Gasteiger charge is 2.32. The van der Waals surface area contributed by atoms with Crippen LogP contribution in [0.25, 0.3) is 10.8 Å². The van der Waals surface area contributed by atoms with Crippen molar-refractivity contribution in [3.63, 3.8) is 0 Å². The van der Waals surface area contributed by atoms with Gasteiger partial charge in [0.25, 0.3) is 5.91 Å². The summed E-state index contributed by atoms with van der Waals surface area (Å²) in [7, 11) is 0. The van der Waals surface area contributed by atoms with Crippen LogP contribution in [-0.2, 0) is 11.2 Å². The van der Waals surface area contributed by atoms with Gasteiger partial charge in [0.05, 0.1) is 12.3 Å². The first-order valence-corrected chi connectivity index (χ1v) is 10.1. The molecule has 0 atom stereocenters. The van der Waals surface area contributed by atoms with Crippen LogP contribution in [0, 0.1) is 0 Å². The van der Waals surface area contributed by atoms with Crippen molar-refractivity contribution < 1.29 is 9.53 Å². The molecule has 28 heavy (non-hydrogen) atoms. The lowest BCUT2D eigenvalue weighted by Gasteiger charge is -2.16.